The Morgan fingerprint density at radius 3 is 2.25 bits per heavy atom. The van der Waals surface area contributed by atoms with Gasteiger partial charge in [0.25, 0.3) is 7.48 Å². The van der Waals surface area contributed by atoms with Crippen LogP contribution in [0.4, 0.5) is 5.69 Å². The van der Waals surface area contributed by atoms with E-state index in [2.05, 4.69) is 0 Å². The number of rotatable bonds is 3. The third kappa shape index (κ3) is 2.27. The van der Waals surface area contributed by atoms with Gasteiger partial charge in [-0.3, -0.25) is 0 Å². The maximum atomic E-state index is 8.56. The first-order chi connectivity index (χ1) is 5.74. The van der Waals surface area contributed by atoms with Crippen LogP contribution < -0.4 is 4.90 Å². The van der Waals surface area contributed by atoms with Crippen molar-refractivity contribution in [1.29, 1.82) is 0 Å². The molecule has 0 bridgehead atoms. The van der Waals surface area contributed by atoms with Crippen molar-refractivity contribution < 1.29 is 5.02 Å². The zero-order valence-electron chi connectivity index (χ0n) is 7.49. The monoisotopic (exact) mass is 162 g/mol. The minimum absolute atomic E-state index is 0.619. The molecule has 12 heavy (non-hydrogen) atoms. The number of hydrogen-bond donors (Lipinski definition) is 1. The summed E-state index contributed by atoms with van der Waals surface area (Å²) in [5, 5.41) is 8.56. The lowest BCUT2D eigenvalue weighted by Gasteiger charge is -2.12. The van der Waals surface area contributed by atoms with Gasteiger partial charge in [-0.1, -0.05) is 17.7 Å². The highest BCUT2D eigenvalue weighted by Crippen LogP contribution is 2.11. The predicted octanol–water partition coefficient (Wildman–Crippen LogP) is 0.864. The zero-order valence-corrected chi connectivity index (χ0v) is 7.49. The molecule has 2 nitrogen and oxygen atoms in total. The molecule has 0 unspecified atom stereocenters. The Morgan fingerprint density at radius 1 is 1.25 bits per heavy atom. The molecular formula is C9H13BNO. The Labute approximate surface area is 74.1 Å². The maximum absolute atomic E-state index is 8.56. The van der Waals surface area contributed by atoms with Crippen LogP contribution in [0.25, 0.3) is 0 Å². The van der Waals surface area contributed by atoms with E-state index in [9.17, 15) is 0 Å². The van der Waals surface area contributed by atoms with Crippen LogP contribution in [-0.4, -0.2) is 26.6 Å². The maximum Gasteiger partial charge on any atom is 0.291 e. The number of benzene rings is 1. The Hall–Kier alpha value is -0.955. The summed E-state index contributed by atoms with van der Waals surface area (Å²) in [4.78, 5) is 2.05. The van der Waals surface area contributed by atoms with Gasteiger partial charge in [0.05, 0.1) is 0 Å². The van der Waals surface area contributed by atoms with Crippen LogP contribution in [-0.2, 0) is 6.32 Å². The molecule has 0 aromatic heterocycles. The van der Waals surface area contributed by atoms with Crippen molar-refractivity contribution in [1.82, 2.24) is 0 Å². The minimum Gasteiger partial charge on any atom is -0.454 e. The van der Waals surface area contributed by atoms with Crippen LogP contribution in [0.15, 0.2) is 24.3 Å². The largest absolute Gasteiger partial charge is 0.454 e. The van der Waals surface area contributed by atoms with Gasteiger partial charge in [0.15, 0.2) is 0 Å². The van der Waals surface area contributed by atoms with Crippen molar-refractivity contribution in [3.8, 4) is 0 Å². The molecule has 0 fully saturated rings. The van der Waals surface area contributed by atoms with E-state index in [-0.39, 0.29) is 0 Å². The summed E-state index contributed by atoms with van der Waals surface area (Å²) < 4.78 is 0. The molecule has 0 saturated heterocycles. The van der Waals surface area contributed by atoms with Crippen LogP contribution in [0.1, 0.15) is 5.56 Å². The van der Waals surface area contributed by atoms with E-state index in [0.29, 0.717) is 6.32 Å². The van der Waals surface area contributed by atoms with Crippen LogP contribution in [0.2, 0.25) is 0 Å². The third-order valence-corrected chi connectivity index (χ3v) is 1.78. The molecule has 0 heterocycles. The molecule has 0 saturated carbocycles. The SMILES string of the molecule is CN(C)c1ccc(C[B]O)cc1. The van der Waals surface area contributed by atoms with Gasteiger partial charge in [0, 0.05) is 19.8 Å². The van der Waals surface area contributed by atoms with Crippen LogP contribution in [0.5, 0.6) is 0 Å². The van der Waals surface area contributed by atoms with Gasteiger partial charge in [0.1, 0.15) is 0 Å². The first-order valence-corrected chi connectivity index (χ1v) is 3.96. The van der Waals surface area contributed by atoms with Crippen LogP contribution in [0, 0.1) is 0 Å². The van der Waals surface area contributed by atoms with E-state index in [1.165, 1.54) is 13.2 Å². The van der Waals surface area contributed by atoms with Crippen molar-refractivity contribution >= 4 is 13.2 Å². The Bertz CT molecular complexity index is 233. The molecule has 1 aromatic rings. The first-order valence-electron chi connectivity index (χ1n) is 3.96. The standard InChI is InChI=1S/C9H13BNO/c1-11(2)9-5-3-8(4-6-9)7-10-12/h3-6,12H,7H2,1-2H3. The van der Waals surface area contributed by atoms with Gasteiger partial charge in [-0.15, -0.1) is 0 Å². The Morgan fingerprint density at radius 2 is 1.83 bits per heavy atom. The summed E-state index contributed by atoms with van der Waals surface area (Å²) in [7, 11) is 5.19. The smallest absolute Gasteiger partial charge is 0.291 e. The molecule has 0 amide bonds. The number of anilines is 1. The topological polar surface area (TPSA) is 23.5 Å². The summed E-state index contributed by atoms with van der Waals surface area (Å²) >= 11 is 0. The van der Waals surface area contributed by atoms with Gasteiger partial charge in [-0.2, -0.15) is 0 Å². The van der Waals surface area contributed by atoms with Crippen LogP contribution >= 0.6 is 0 Å². The molecule has 1 rings (SSSR count). The van der Waals surface area contributed by atoms with Crippen LogP contribution in [0.3, 0.4) is 0 Å². The Balaban J connectivity index is 2.71. The highest BCUT2D eigenvalue weighted by Gasteiger charge is 1.95. The quantitative estimate of drug-likeness (QED) is 0.666. The molecule has 0 aliphatic heterocycles. The summed E-state index contributed by atoms with van der Waals surface area (Å²) in [5.41, 5.74) is 2.31. The second-order valence-corrected chi connectivity index (χ2v) is 2.95. The molecular weight excluding hydrogens is 149 g/mol. The molecule has 1 radical (unpaired) electrons. The van der Waals surface area contributed by atoms with E-state index < -0.39 is 0 Å². The van der Waals surface area contributed by atoms with Crippen molar-refractivity contribution in [2.75, 3.05) is 19.0 Å². The zero-order chi connectivity index (χ0) is 8.97. The summed E-state index contributed by atoms with van der Waals surface area (Å²) in [5.74, 6) is 0. The molecule has 3 heteroatoms. The van der Waals surface area contributed by atoms with Crippen molar-refractivity contribution in [3.63, 3.8) is 0 Å². The summed E-state index contributed by atoms with van der Waals surface area (Å²) in [6.45, 7) is 0. The predicted molar refractivity (Wildman–Crippen MR) is 52.4 cm³/mol. The van der Waals surface area contributed by atoms with Gasteiger partial charge in [-0.05, 0) is 18.5 Å². The first kappa shape index (κ1) is 9.14. The van der Waals surface area contributed by atoms with Gasteiger partial charge >= 0.3 is 0 Å². The van der Waals surface area contributed by atoms with Gasteiger partial charge < -0.3 is 9.92 Å². The highest BCUT2D eigenvalue weighted by atomic mass is 16.2. The van der Waals surface area contributed by atoms with E-state index >= 15 is 0 Å². The average Bonchev–Trinajstić information content (AvgIpc) is 2.06. The normalized spacial score (nSPS) is 9.58. The van der Waals surface area contributed by atoms with Crippen molar-refractivity contribution in [2.45, 2.75) is 6.32 Å². The fraction of sp³-hybridized carbons (Fsp3) is 0.333. The lowest BCUT2D eigenvalue weighted by molar-refractivity contribution is 0.600. The van der Waals surface area contributed by atoms with E-state index in [0.717, 1.165) is 5.56 Å². The summed E-state index contributed by atoms with van der Waals surface area (Å²) in [6.07, 6.45) is 0.619. The van der Waals surface area contributed by atoms with Crippen molar-refractivity contribution in [3.05, 3.63) is 29.8 Å². The second kappa shape index (κ2) is 4.17. The third-order valence-electron chi connectivity index (χ3n) is 1.78. The minimum atomic E-state index is 0.619. The molecule has 63 valence electrons. The molecule has 0 aliphatic rings. The average molecular weight is 162 g/mol. The molecule has 1 N–H and O–H groups in total. The molecule has 0 atom stereocenters. The Kier molecular flexibility index (Phi) is 3.17. The van der Waals surface area contributed by atoms with Gasteiger partial charge in [0.2, 0.25) is 0 Å². The van der Waals surface area contributed by atoms with Crippen molar-refractivity contribution in [2.24, 2.45) is 0 Å². The number of hydrogen-bond acceptors (Lipinski definition) is 2. The second-order valence-electron chi connectivity index (χ2n) is 2.95. The number of nitrogens with zero attached hydrogens (tertiary/aromatic N) is 1. The molecule has 0 spiro atoms. The van der Waals surface area contributed by atoms with E-state index in [1.54, 1.807) is 0 Å². The van der Waals surface area contributed by atoms with E-state index in [1.807, 2.05) is 43.3 Å². The summed E-state index contributed by atoms with van der Waals surface area (Å²) in [6, 6.07) is 8.11. The fourth-order valence-electron chi connectivity index (χ4n) is 1.04. The lowest BCUT2D eigenvalue weighted by atomic mass is 9.90. The molecule has 0 aliphatic carbocycles. The molecule has 1 aromatic carbocycles. The van der Waals surface area contributed by atoms with Gasteiger partial charge in [-0.25, -0.2) is 0 Å². The fourth-order valence-corrected chi connectivity index (χ4v) is 1.04. The van der Waals surface area contributed by atoms with E-state index in [4.69, 9.17) is 5.02 Å². The lowest BCUT2D eigenvalue weighted by Crippen LogP contribution is -2.08. The highest BCUT2D eigenvalue weighted by molar-refractivity contribution is 6.24.